The number of aryl methyl sites for hydroxylation is 2. The van der Waals surface area contributed by atoms with Crippen molar-refractivity contribution in [1.29, 1.82) is 0 Å². The fourth-order valence-corrected chi connectivity index (χ4v) is 3.30. The lowest BCUT2D eigenvalue weighted by Crippen LogP contribution is -2.52. The molecule has 1 fully saturated rings. The number of carbonyl (C=O) groups is 1. The summed E-state index contributed by atoms with van der Waals surface area (Å²) in [7, 11) is 3.96. The predicted octanol–water partition coefficient (Wildman–Crippen LogP) is 1.69. The topological polar surface area (TPSA) is 54.3 Å². The number of rotatable bonds is 5. The summed E-state index contributed by atoms with van der Waals surface area (Å²) in [4.78, 5) is 26.7. The van der Waals surface area contributed by atoms with Gasteiger partial charge in [0.15, 0.2) is 5.43 Å². The summed E-state index contributed by atoms with van der Waals surface area (Å²) in [5, 5.41) is 2.99. The molecule has 2 rings (SSSR count). The van der Waals surface area contributed by atoms with E-state index in [1.54, 1.807) is 10.8 Å². The van der Waals surface area contributed by atoms with E-state index < -0.39 is 0 Å². The third-order valence-corrected chi connectivity index (χ3v) is 5.13. The van der Waals surface area contributed by atoms with Crippen molar-refractivity contribution in [1.82, 2.24) is 14.8 Å². The fraction of sp³-hybridized carbons (Fsp3) is 0.647. The number of likely N-dealkylation sites (N-methyl/N-ethyl adjacent to an activating group) is 1. The van der Waals surface area contributed by atoms with Crippen LogP contribution in [-0.2, 0) is 7.05 Å². The smallest absolute Gasteiger partial charge is 0.256 e. The molecule has 1 N–H and O–H groups in total. The standard InChI is InChI=1S/C17H27N3O2/c1-5-20(4)17(8-6-7-9-17)12-18-16(22)14-11-19(3)13(2)10-15(14)21/h10-11H,5-9,12H2,1-4H3,(H,18,22). The minimum Gasteiger partial charge on any atom is -0.354 e. The van der Waals surface area contributed by atoms with Gasteiger partial charge in [0.2, 0.25) is 0 Å². The first kappa shape index (κ1) is 16.7. The molecule has 0 saturated heterocycles. The Hall–Kier alpha value is -1.62. The maximum atomic E-state index is 12.4. The summed E-state index contributed by atoms with van der Waals surface area (Å²) in [5.74, 6) is -0.267. The van der Waals surface area contributed by atoms with Gasteiger partial charge in [0.25, 0.3) is 5.91 Å². The lowest BCUT2D eigenvalue weighted by Gasteiger charge is -2.38. The number of pyridine rings is 1. The van der Waals surface area contributed by atoms with Gasteiger partial charge in [0.1, 0.15) is 5.56 Å². The maximum absolute atomic E-state index is 12.4. The molecule has 0 aromatic carbocycles. The zero-order valence-electron chi connectivity index (χ0n) is 14.1. The van der Waals surface area contributed by atoms with E-state index in [0.717, 1.165) is 25.1 Å². The second-order valence-corrected chi connectivity index (χ2v) is 6.43. The maximum Gasteiger partial charge on any atom is 0.256 e. The van der Waals surface area contributed by atoms with Crippen molar-refractivity contribution < 1.29 is 4.79 Å². The number of amides is 1. The Kier molecular flexibility index (Phi) is 5.06. The summed E-state index contributed by atoms with van der Waals surface area (Å²) < 4.78 is 1.81. The molecule has 1 saturated carbocycles. The molecule has 0 radical (unpaired) electrons. The van der Waals surface area contributed by atoms with Crippen LogP contribution in [0.2, 0.25) is 0 Å². The highest BCUT2D eigenvalue weighted by molar-refractivity contribution is 5.93. The first-order chi connectivity index (χ1) is 10.4. The van der Waals surface area contributed by atoms with Gasteiger partial charge in [-0.2, -0.15) is 0 Å². The lowest BCUT2D eigenvalue weighted by atomic mass is 9.95. The van der Waals surface area contributed by atoms with E-state index in [1.165, 1.54) is 18.9 Å². The van der Waals surface area contributed by atoms with Crippen LogP contribution < -0.4 is 10.7 Å². The Bertz CT molecular complexity index is 600. The summed E-state index contributed by atoms with van der Waals surface area (Å²) in [6, 6.07) is 1.51. The Morgan fingerprint density at radius 2 is 2.05 bits per heavy atom. The zero-order chi connectivity index (χ0) is 16.3. The molecule has 1 amide bonds. The van der Waals surface area contributed by atoms with Crippen LogP contribution in [0.3, 0.4) is 0 Å². The first-order valence-corrected chi connectivity index (χ1v) is 8.06. The Morgan fingerprint density at radius 3 is 2.64 bits per heavy atom. The van der Waals surface area contributed by atoms with Crippen molar-refractivity contribution in [2.75, 3.05) is 20.1 Å². The van der Waals surface area contributed by atoms with Gasteiger partial charge in [-0.1, -0.05) is 19.8 Å². The van der Waals surface area contributed by atoms with Gasteiger partial charge in [-0.15, -0.1) is 0 Å². The SMILES string of the molecule is CCN(C)C1(CNC(=O)c2cn(C)c(C)cc2=O)CCCC1. The molecule has 1 aromatic heterocycles. The quantitative estimate of drug-likeness (QED) is 0.900. The van der Waals surface area contributed by atoms with Crippen molar-refractivity contribution in [2.45, 2.75) is 45.1 Å². The molecular weight excluding hydrogens is 278 g/mol. The predicted molar refractivity (Wildman–Crippen MR) is 88.3 cm³/mol. The van der Waals surface area contributed by atoms with E-state index in [2.05, 4.69) is 24.2 Å². The minimum atomic E-state index is -0.267. The number of aromatic nitrogens is 1. The molecule has 0 spiro atoms. The third-order valence-electron chi connectivity index (χ3n) is 5.13. The van der Waals surface area contributed by atoms with Crippen molar-refractivity contribution in [3.8, 4) is 0 Å². The van der Waals surface area contributed by atoms with E-state index in [-0.39, 0.29) is 22.4 Å². The third kappa shape index (κ3) is 3.24. The highest BCUT2D eigenvalue weighted by Crippen LogP contribution is 2.33. The summed E-state index contributed by atoms with van der Waals surface area (Å²) in [6.45, 7) is 5.56. The van der Waals surface area contributed by atoms with E-state index in [4.69, 9.17) is 0 Å². The van der Waals surface area contributed by atoms with Gasteiger partial charge in [-0.25, -0.2) is 0 Å². The number of nitrogens with one attached hydrogen (secondary N) is 1. The minimum absolute atomic E-state index is 0.0420. The molecule has 0 aliphatic heterocycles. The molecular formula is C17H27N3O2. The van der Waals surface area contributed by atoms with Crippen LogP contribution in [0, 0.1) is 6.92 Å². The highest BCUT2D eigenvalue weighted by atomic mass is 16.2. The molecule has 1 heterocycles. The molecule has 122 valence electrons. The summed E-state index contributed by atoms with van der Waals surface area (Å²) in [5.41, 5.74) is 0.901. The molecule has 1 aromatic rings. The zero-order valence-corrected chi connectivity index (χ0v) is 14.1. The molecule has 0 bridgehead atoms. The summed E-state index contributed by atoms with van der Waals surface area (Å²) >= 11 is 0. The van der Waals surface area contributed by atoms with E-state index >= 15 is 0 Å². The Labute approximate surface area is 132 Å². The van der Waals surface area contributed by atoms with Crippen molar-refractivity contribution in [2.24, 2.45) is 7.05 Å². The molecule has 0 atom stereocenters. The van der Waals surface area contributed by atoms with Crippen LogP contribution in [0.15, 0.2) is 17.1 Å². The second-order valence-electron chi connectivity index (χ2n) is 6.43. The van der Waals surface area contributed by atoms with Gasteiger partial charge >= 0.3 is 0 Å². The summed E-state index contributed by atoms with van der Waals surface area (Å²) in [6.07, 6.45) is 6.23. The molecule has 5 nitrogen and oxygen atoms in total. The fourth-order valence-electron chi connectivity index (χ4n) is 3.30. The van der Waals surface area contributed by atoms with Crippen molar-refractivity contribution in [3.05, 3.63) is 33.7 Å². The Morgan fingerprint density at radius 1 is 1.41 bits per heavy atom. The number of hydrogen-bond acceptors (Lipinski definition) is 3. The van der Waals surface area contributed by atoms with Crippen molar-refractivity contribution in [3.63, 3.8) is 0 Å². The van der Waals surface area contributed by atoms with Crippen LogP contribution in [0.1, 0.15) is 48.7 Å². The normalized spacial score (nSPS) is 17.0. The molecule has 1 aliphatic carbocycles. The van der Waals surface area contributed by atoms with E-state index in [1.807, 2.05) is 14.0 Å². The van der Waals surface area contributed by atoms with Crippen LogP contribution in [0.5, 0.6) is 0 Å². The first-order valence-electron chi connectivity index (χ1n) is 8.06. The largest absolute Gasteiger partial charge is 0.354 e. The van der Waals surface area contributed by atoms with Crippen LogP contribution in [-0.4, -0.2) is 41.1 Å². The molecule has 22 heavy (non-hydrogen) atoms. The van der Waals surface area contributed by atoms with Crippen LogP contribution in [0.25, 0.3) is 0 Å². The lowest BCUT2D eigenvalue weighted by molar-refractivity contribution is 0.0873. The monoisotopic (exact) mass is 305 g/mol. The highest BCUT2D eigenvalue weighted by Gasteiger charge is 2.37. The van der Waals surface area contributed by atoms with E-state index in [9.17, 15) is 9.59 Å². The molecule has 1 aliphatic rings. The van der Waals surface area contributed by atoms with Gasteiger partial charge in [0, 0.05) is 37.1 Å². The van der Waals surface area contributed by atoms with Crippen molar-refractivity contribution >= 4 is 5.91 Å². The molecule has 0 unspecified atom stereocenters. The number of hydrogen-bond donors (Lipinski definition) is 1. The average molecular weight is 305 g/mol. The van der Waals surface area contributed by atoms with Crippen LogP contribution in [0.4, 0.5) is 0 Å². The number of nitrogens with zero attached hydrogens (tertiary/aromatic N) is 2. The average Bonchev–Trinajstić information content (AvgIpc) is 2.97. The van der Waals surface area contributed by atoms with Gasteiger partial charge < -0.3 is 9.88 Å². The van der Waals surface area contributed by atoms with Gasteiger partial charge in [-0.05, 0) is 33.4 Å². The number of carbonyl (C=O) groups excluding carboxylic acids is 1. The van der Waals surface area contributed by atoms with Gasteiger partial charge in [-0.3, -0.25) is 14.5 Å². The van der Waals surface area contributed by atoms with Crippen LogP contribution >= 0.6 is 0 Å². The second kappa shape index (κ2) is 6.65. The van der Waals surface area contributed by atoms with Gasteiger partial charge in [0.05, 0.1) is 0 Å². The molecule has 5 heteroatoms. The van der Waals surface area contributed by atoms with E-state index in [0.29, 0.717) is 6.54 Å². The Balaban J connectivity index is 2.12.